The van der Waals surface area contributed by atoms with E-state index in [1.54, 1.807) is 13.3 Å². The van der Waals surface area contributed by atoms with Crippen LogP contribution in [0.3, 0.4) is 0 Å². The fourth-order valence-electron chi connectivity index (χ4n) is 3.81. The van der Waals surface area contributed by atoms with Crippen molar-refractivity contribution in [3.05, 3.63) is 30.6 Å². The Morgan fingerprint density at radius 3 is 2.45 bits per heavy atom. The first-order valence-corrected chi connectivity index (χ1v) is 13.1. The van der Waals surface area contributed by atoms with Gasteiger partial charge in [-0.25, -0.2) is 0 Å². The van der Waals surface area contributed by atoms with Crippen molar-refractivity contribution < 1.29 is 9.53 Å². The number of carbonyl (C=O) groups is 1. The first kappa shape index (κ1) is 25.5. The first-order valence-electron chi connectivity index (χ1n) is 12.0. The summed E-state index contributed by atoms with van der Waals surface area (Å²) in [6.07, 6.45) is 16.9. The zero-order valence-corrected chi connectivity index (χ0v) is 20.4. The zero-order valence-electron chi connectivity index (χ0n) is 19.6. The van der Waals surface area contributed by atoms with Crippen LogP contribution in [0.4, 0.5) is 5.69 Å². The second-order valence-electron chi connectivity index (χ2n) is 8.21. The number of ether oxygens (including phenoxy) is 1. The van der Waals surface area contributed by atoms with E-state index in [-0.39, 0.29) is 11.2 Å². The fraction of sp³-hybridized carbons (Fsp3) is 0.615. The Bertz CT molecular complexity index is 781. The molecule has 0 saturated carbocycles. The van der Waals surface area contributed by atoms with Crippen LogP contribution in [0.1, 0.15) is 84.5 Å². The van der Waals surface area contributed by atoms with Crippen molar-refractivity contribution in [1.82, 2.24) is 4.98 Å². The van der Waals surface area contributed by atoms with Crippen LogP contribution >= 0.6 is 11.8 Å². The van der Waals surface area contributed by atoms with Gasteiger partial charge in [-0.2, -0.15) is 0 Å². The zero-order chi connectivity index (χ0) is 22.3. The molecular formula is C26H40N2O2S. The molecule has 0 fully saturated rings. The molecular weight excluding hydrogens is 404 g/mol. The molecule has 0 radical (unpaired) electrons. The van der Waals surface area contributed by atoms with Crippen molar-refractivity contribution in [2.75, 3.05) is 18.2 Å². The predicted octanol–water partition coefficient (Wildman–Crippen LogP) is 7.61. The Morgan fingerprint density at radius 2 is 1.71 bits per heavy atom. The normalized spacial score (nSPS) is 12.1. The SMILES string of the molecule is CCCCCCCCC(SCCCCCC)C(=O)Nc1c(OC)ccc2cnccc12. The molecule has 0 bridgehead atoms. The summed E-state index contributed by atoms with van der Waals surface area (Å²) >= 11 is 1.82. The maximum absolute atomic E-state index is 13.3. The second-order valence-corrected chi connectivity index (χ2v) is 9.52. The number of fused-ring (bicyclic) bond motifs is 1. The number of hydrogen-bond donors (Lipinski definition) is 1. The highest BCUT2D eigenvalue weighted by Gasteiger charge is 2.21. The summed E-state index contributed by atoms with van der Waals surface area (Å²) in [5.41, 5.74) is 0.756. The van der Waals surface area contributed by atoms with E-state index in [4.69, 9.17) is 4.74 Å². The van der Waals surface area contributed by atoms with E-state index < -0.39 is 0 Å². The lowest BCUT2D eigenvalue weighted by molar-refractivity contribution is -0.115. The average molecular weight is 445 g/mol. The maximum Gasteiger partial charge on any atom is 0.237 e. The molecule has 0 saturated heterocycles. The van der Waals surface area contributed by atoms with E-state index in [1.807, 2.05) is 36.2 Å². The predicted molar refractivity (Wildman–Crippen MR) is 135 cm³/mol. The molecule has 1 amide bonds. The molecule has 0 aliphatic rings. The molecule has 2 rings (SSSR count). The number of carbonyl (C=O) groups excluding carboxylic acids is 1. The maximum atomic E-state index is 13.3. The number of rotatable bonds is 16. The molecule has 31 heavy (non-hydrogen) atoms. The lowest BCUT2D eigenvalue weighted by Crippen LogP contribution is -2.26. The van der Waals surface area contributed by atoms with Gasteiger partial charge in [0, 0.05) is 23.2 Å². The van der Waals surface area contributed by atoms with Crippen LogP contribution in [-0.4, -0.2) is 29.0 Å². The Hall–Kier alpha value is -1.75. The topological polar surface area (TPSA) is 51.2 Å². The quantitative estimate of drug-likeness (QED) is 0.271. The molecule has 2 aromatic rings. The van der Waals surface area contributed by atoms with Crippen molar-refractivity contribution in [1.29, 1.82) is 0 Å². The Kier molecular flexibility index (Phi) is 12.4. The number of unbranched alkanes of at least 4 members (excludes halogenated alkanes) is 8. The third kappa shape index (κ3) is 8.72. The lowest BCUT2D eigenvalue weighted by atomic mass is 10.1. The number of aromatic nitrogens is 1. The number of benzene rings is 1. The van der Waals surface area contributed by atoms with Crippen molar-refractivity contribution in [2.24, 2.45) is 0 Å². The highest BCUT2D eigenvalue weighted by atomic mass is 32.2. The van der Waals surface area contributed by atoms with Gasteiger partial charge in [-0.15, -0.1) is 11.8 Å². The number of nitrogens with one attached hydrogen (secondary N) is 1. The van der Waals surface area contributed by atoms with E-state index in [0.29, 0.717) is 5.75 Å². The Balaban J connectivity index is 2.04. The molecule has 172 valence electrons. The standard InChI is InChI=1S/C26H40N2O2S/c1-4-6-8-10-11-12-14-24(31-19-13-9-7-5-2)26(29)28-25-22-17-18-27-20-21(22)15-16-23(25)30-3/h15-18,20,24H,4-14,19H2,1-3H3,(H,28,29). The largest absolute Gasteiger partial charge is 0.495 e. The van der Waals surface area contributed by atoms with Crippen LogP contribution in [0, 0.1) is 0 Å². The number of nitrogens with zero attached hydrogens (tertiary/aromatic N) is 1. The molecule has 4 nitrogen and oxygen atoms in total. The first-order chi connectivity index (χ1) is 15.2. The van der Waals surface area contributed by atoms with Gasteiger partial charge < -0.3 is 10.1 Å². The van der Waals surface area contributed by atoms with Gasteiger partial charge in [0.05, 0.1) is 18.0 Å². The summed E-state index contributed by atoms with van der Waals surface area (Å²) in [7, 11) is 1.65. The molecule has 1 aromatic heterocycles. The van der Waals surface area contributed by atoms with Gasteiger partial charge >= 0.3 is 0 Å². The number of thioether (sulfide) groups is 1. The molecule has 1 N–H and O–H groups in total. The van der Waals surface area contributed by atoms with Gasteiger partial charge in [-0.05, 0) is 36.8 Å². The smallest absolute Gasteiger partial charge is 0.237 e. The minimum Gasteiger partial charge on any atom is -0.495 e. The van der Waals surface area contributed by atoms with Crippen molar-refractivity contribution in [3.63, 3.8) is 0 Å². The summed E-state index contributed by atoms with van der Waals surface area (Å²) in [6, 6.07) is 5.82. The van der Waals surface area contributed by atoms with Crippen LogP contribution in [-0.2, 0) is 4.79 Å². The summed E-state index contributed by atoms with van der Waals surface area (Å²) in [6.45, 7) is 4.47. The van der Waals surface area contributed by atoms with Gasteiger partial charge in [-0.3, -0.25) is 9.78 Å². The lowest BCUT2D eigenvalue weighted by Gasteiger charge is -2.19. The monoisotopic (exact) mass is 444 g/mol. The summed E-state index contributed by atoms with van der Waals surface area (Å²) in [4.78, 5) is 17.5. The molecule has 0 spiro atoms. The summed E-state index contributed by atoms with van der Waals surface area (Å²) in [5, 5.41) is 5.15. The molecule has 1 atom stereocenters. The van der Waals surface area contributed by atoms with E-state index >= 15 is 0 Å². The van der Waals surface area contributed by atoms with Crippen LogP contribution in [0.2, 0.25) is 0 Å². The highest BCUT2D eigenvalue weighted by Crippen LogP contribution is 2.34. The third-order valence-electron chi connectivity index (χ3n) is 5.68. The average Bonchev–Trinajstić information content (AvgIpc) is 2.79. The fourth-order valence-corrected chi connectivity index (χ4v) is 5.00. The van der Waals surface area contributed by atoms with Crippen LogP contribution in [0.25, 0.3) is 10.8 Å². The highest BCUT2D eigenvalue weighted by molar-refractivity contribution is 8.00. The summed E-state index contributed by atoms with van der Waals surface area (Å²) < 4.78 is 5.55. The van der Waals surface area contributed by atoms with Crippen LogP contribution in [0.5, 0.6) is 5.75 Å². The van der Waals surface area contributed by atoms with Crippen molar-refractivity contribution in [3.8, 4) is 5.75 Å². The van der Waals surface area contributed by atoms with Crippen molar-refractivity contribution in [2.45, 2.75) is 89.7 Å². The molecule has 1 heterocycles. The van der Waals surface area contributed by atoms with E-state index in [0.717, 1.165) is 35.1 Å². The third-order valence-corrected chi connectivity index (χ3v) is 7.06. The Morgan fingerprint density at radius 1 is 1.00 bits per heavy atom. The molecule has 0 aliphatic carbocycles. The minimum atomic E-state index is -0.0189. The van der Waals surface area contributed by atoms with E-state index in [1.165, 1.54) is 57.8 Å². The molecule has 1 unspecified atom stereocenters. The number of amides is 1. The number of methoxy groups -OCH3 is 1. The minimum absolute atomic E-state index is 0.0189. The van der Waals surface area contributed by atoms with Crippen LogP contribution in [0.15, 0.2) is 30.6 Å². The van der Waals surface area contributed by atoms with Crippen molar-refractivity contribution >= 4 is 34.1 Å². The Labute approximate surface area is 192 Å². The van der Waals surface area contributed by atoms with E-state index in [2.05, 4.69) is 24.1 Å². The van der Waals surface area contributed by atoms with Gasteiger partial charge in [0.2, 0.25) is 5.91 Å². The number of pyridine rings is 1. The van der Waals surface area contributed by atoms with Gasteiger partial charge in [0.25, 0.3) is 0 Å². The van der Waals surface area contributed by atoms with Crippen LogP contribution < -0.4 is 10.1 Å². The number of hydrogen-bond acceptors (Lipinski definition) is 4. The summed E-state index contributed by atoms with van der Waals surface area (Å²) in [5.74, 6) is 1.83. The van der Waals surface area contributed by atoms with E-state index in [9.17, 15) is 4.79 Å². The molecule has 5 heteroatoms. The van der Waals surface area contributed by atoms with Gasteiger partial charge in [0.1, 0.15) is 5.75 Å². The molecule has 0 aliphatic heterocycles. The van der Waals surface area contributed by atoms with Gasteiger partial charge in [-0.1, -0.05) is 71.6 Å². The second kappa shape index (κ2) is 15.1. The van der Waals surface area contributed by atoms with Gasteiger partial charge in [0.15, 0.2) is 0 Å². The molecule has 1 aromatic carbocycles. The number of anilines is 1.